The summed E-state index contributed by atoms with van der Waals surface area (Å²) in [4.78, 5) is 25.3. The van der Waals surface area contributed by atoms with E-state index in [4.69, 9.17) is 11.6 Å². The van der Waals surface area contributed by atoms with E-state index in [1.807, 2.05) is 0 Å². The minimum atomic E-state index is -5.46. The minimum Gasteiger partial charge on any atom is -0.465 e. The van der Waals surface area contributed by atoms with E-state index in [2.05, 4.69) is 14.5 Å². The molecule has 0 radical (unpaired) electrons. The number of ether oxygens (including phenoxy) is 2. The Hall–Kier alpha value is -2.04. The Kier molecular flexibility index (Phi) is 5.14. The average molecular weight is 366 g/mol. The van der Waals surface area contributed by atoms with E-state index in [0.29, 0.717) is 14.2 Å². The van der Waals surface area contributed by atoms with Gasteiger partial charge in [-0.05, 0) is 0 Å². The molecule has 0 aliphatic carbocycles. The summed E-state index contributed by atoms with van der Waals surface area (Å²) in [5, 5.41) is -1.42. The zero-order valence-corrected chi connectivity index (χ0v) is 12.0. The van der Waals surface area contributed by atoms with Gasteiger partial charge >= 0.3 is 24.3 Å². The molecule has 0 aromatic carbocycles. The summed E-state index contributed by atoms with van der Waals surface area (Å²) < 4.78 is 85.5. The first-order valence-electron chi connectivity index (χ1n) is 5.40. The number of hydrogen-bond acceptors (Lipinski definition) is 5. The molecular weight excluding hydrogens is 360 g/mol. The minimum absolute atomic E-state index is 0.675. The molecule has 0 unspecified atom stereocenters. The van der Waals surface area contributed by atoms with Crippen molar-refractivity contribution in [2.24, 2.45) is 0 Å². The van der Waals surface area contributed by atoms with Gasteiger partial charge in [0, 0.05) is 0 Å². The van der Waals surface area contributed by atoms with E-state index in [1.165, 1.54) is 0 Å². The summed E-state index contributed by atoms with van der Waals surface area (Å²) in [6, 6.07) is 0. The van der Waals surface area contributed by atoms with Crippen LogP contribution in [-0.4, -0.2) is 31.1 Å². The summed E-state index contributed by atoms with van der Waals surface area (Å²) in [6.07, 6.45) is -10.9. The van der Waals surface area contributed by atoms with Gasteiger partial charge in [-0.15, -0.1) is 0 Å². The zero-order valence-electron chi connectivity index (χ0n) is 11.2. The lowest BCUT2D eigenvalue weighted by atomic mass is 10.1. The third-order valence-corrected chi connectivity index (χ3v) is 2.83. The number of aromatic nitrogens is 1. The second kappa shape index (κ2) is 6.22. The molecule has 0 saturated heterocycles. The summed E-state index contributed by atoms with van der Waals surface area (Å²) >= 11 is 5.44. The normalized spacial score (nSPS) is 12.0. The fourth-order valence-corrected chi connectivity index (χ4v) is 1.88. The predicted octanol–water partition coefficient (Wildman–Crippen LogP) is 3.35. The SMILES string of the molecule is COC(=O)c1c(C(F)(F)F)nc(C(F)(F)F)c(C(=O)OC)c1Cl. The number of methoxy groups -OCH3 is 2. The van der Waals surface area contributed by atoms with Crippen LogP contribution in [0.2, 0.25) is 5.02 Å². The van der Waals surface area contributed by atoms with Gasteiger partial charge in [0.15, 0.2) is 11.4 Å². The lowest BCUT2D eigenvalue weighted by molar-refractivity contribution is -0.150. The molecule has 23 heavy (non-hydrogen) atoms. The van der Waals surface area contributed by atoms with Gasteiger partial charge in [-0.3, -0.25) is 0 Å². The highest BCUT2D eigenvalue weighted by Gasteiger charge is 2.47. The number of carbonyl (C=O) groups is 2. The fourth-order valence-electron chi connectivity index (χ4n) is 1.54. The van der Waals surface area contributed by atoms with Gasteiger partial charge in [0.1, 0.15) is 11.1 Å². The molecule has 5 nitrogen and oxygen atoms in total. The van der Waals surface area contributed by atoms with E-state index in [1.54, 1.807) is 0 Å². The lowest BCUT2D eigenvalue weighted by Gasteiger charge is -2.18. The molecule has 0 aliphatic rings. The molecule has 0 N–H and O–H groups in total. The number of nitrogens with zero attached hydrogens (tertiary/aromatic N) is 1. The maximum Gasteiger partial charge on any atom is 0.434 e. The molecule has 0 aliphatic heterocycles. The molecule has 0 spiro atoms. The maximum atomic E-state index is 12.9. The van der Waals surface area contributed by atoms with Gasteiger partial charge in [0.05, 0.1) is 19.2 Å². The van der Waals surface area contributed by atoms with E-state index >= 15 is 0 Å². The summed E-state index contributed by atoms with van der Waals surface area (Å²) in [6.45, 7) is 0. The predicted molar refractivity (Wildman–Crippen MR) is 61.9 cm³/mol. The molecule has 12 heteroatoms. The first-order valence-corrected chi connectivity index (χ1v) is 5.78. The van der Waals surface area contributed by atoms with Gasteiger partial charge in [-0.25, -0.2) is 14.6 Å². The second-order valence-electron chi connectivity index (χ2n) is 3.85. The molecule has 128 valence electrons. The summed E-state index contributed by atoms with van der Waals surface area (Å²) in [5.74, 6) is -3.43. The maximum absolute atomic E-state index is 12.9. The molecule has 0 fully saturated rings. The van der Waals surface area contributed by atoms with Crippen LogP contribution >= 0.6 is 11.6 Å². The Morgan fingerprint density at radius 1 is 0.870 bits per heavy atom. The molecule has 0 amide bonds. The molecule has 1 heterocycles. The fraction of sp³-hybridized carbons (Fsp3) is 0.364. The highest BCUT2D eigenvalue weighted by atomic mass is 35.5. The highest BCUT2D eigenvalue weighted by molar-refractivity contribution is 6.36. The average Bonchev–Trinajstić information content (AvgIpc) is 2.42. The number of carbonyl (C=O) groups excluding carboxylic acids is 2. The molecular formula is C11H6ClF6NO4. The van der Waals surface area contributed by atoms with Crippen LogP contribution in [0.3, 0.4) is 0 Å². The highest BCUT2D eigenvalue weighted by Crippen LogP contribution is 2.41. The standard InChI is InChI=1S/C11H6ClF6NO4/c1-22-8(20)3-5(12)4(9(21)23-2)7(11(16,17)18)19-6(3)10(13,14)15/h1-2H3. The quantitative estimate of drug-likeness (QED) is 0.594. The van der Waals surface area contributed by atoms with Crippen molar-refractivity contribution in [1.29, 1.82) is 0 Å². The van der Waals surface area contributed by atoms with Gasteiger partial charge in [-0.1, -0.05) is 11.6 Å². The smallest absolute Gasteiger partial charge is 0.434 e. The van der Waals surface area contributed by atoms with Crippen molar-refractivity contribution in [2.45, 2.75) is 12.4 Å². The zero-order chi connectivity index (χ0) is 18.2. The van der Waals surface area contributed by atoms with Gasteiger partial charge in [0.2, 0.25) is 0 Å². The van der Waals surface area contributed by atoms with E-state index < -0.39 is 51.8 Å². The Morgan fingerprint density at radius 3 is 1.39 bits per heavy atom. The Bertz CT molecular complexity index is 603. The third-order valence-electron chi connectivity index (χ3n) is 2.45. The number of alkyl halides is 6. The molecule has 0 bridgehead atoms. The van der Waals surface area contributed by atoms with Crippen molar-refractivity contribution >= 4 is 23.5 Å². The van der Waals surface area contributed by atoms with Gasteiger partial charge < -0.3 is 9.47 Å². The largest absolute Gasteiger partial charge is 0.465 e. The van der Waals surface area contributed by atoms with E-state index in [-0.39, 0.29) is 0 Å². The Balaban J connectivity index is 3.99. The van der Waals surface area contributed by atoms with Crippen molar-refractivity contribution in [3.63, 3.8) is 0 Å². The molecule has 1 aromatic heterocycles. The van der Waals surface area contributed by atoms with E-state index in [0.717, 1.165) is 0 Å². The van der Waals surface area contributed by atoms with E-state index in [9.17, 15) is 35.9 Å². The second-order valence-corrected chi connectivity index (χ2v) is 4.23. The van der Waals surface area contributed by atoms with Crippen LogP contribution in [0.1, 0.15) is 32.1 Å². The van der Waals surface area contributed by atoms with Crippen LogP contribution in [-0.2, 0) is 21.8 Å². The number of rotatable bonds is 2. The lowest BCUT2D eigenvalue weighted by Crippen LogP contribution is -2.25. The van der Waals surface area contributed by atoms with Gasteiger partial charge in [0.25, 0.3) is 0 Å². The summed E-state index contributed by atoms with van der Waals surface area (Å²) in [7, 11) is 1.35. The topological polar surface area (TPSA) is 65.5 Å². The van der Waals surface area contributed by atoms with Crippen LogP contribution < -0.4 is 0 Å². The monoisotopic (exact) mass is 365 g/mol. The van der Waals surface area contributed by atoms with Crippen LogP contribution in [0.15, 0.2) is 0 Å². The third kappa shape index (κ3) is 3.66. The van der Waals surface area contributed by atoms with Crippen LogP contribution in [0.5, 0.6) is 0 Å². The van der Waals surface area contributed by atoms with Crippen molar-refractivity contribution in [1.82, 2.24) is 4.98 Å². The number of esters is 2. The summed E-state index contributed by atoms with van der Waals surface area (Å²) in [5.41, 5.74) is -7.49. The number of pyridine rings is 1. The van der Waals surface area contributed by atoms with Crippen molar-refractivity contribution in [2.75, 3.05) is 14.2 Å². The molecule has 1 aromatic rings. The Morgan fingerprint density at radius 2 is 1.17 bits per heavy atom. The van der Waals surface area contributed by atoms with Crippen LogP contribution in [0.25, 0.3) is 0 Å². The molecule has 0 saturated carbocycles. The first-order chi connectivity index (χ1) is 10.4. The van der Waals surface area contributed by atoms with Crippen molar-refractivity contribution in [3.05, 3.63) is 27.5 Å². The van der Waals surface area contributed by atoms with Crippen molar-refractivity contribution < 1.29 is 45.4 Å². The van der Waals surface area contributed by atoms with Crippen molar-refractivity contribution in [3.8, 4) is 0 Å². The van der Waals surface area contributed by atoms with Gasteiger partial charge in [-0.2, -0.15) is 26.3 Å². The first kappa shape index (κ1) is 19.0. The molecule has 0 atom stereocenters. The number of halogens is 7. The Labute approximate surface area is 129 Å². The van der Waals surface area contributed by atoms with Crippen LogP contribution in [0.4, 0.5) is 26.3 Å². The molecule has 1 rings (SSSR count). The number of hydrogen-bond donors (Lipinski definition) is 0. The van der Waals surface area contributed by atoms with Crippen LogP contribution in [0, 0.1) is 0 Å².